The van der Waals surface area contributed by atoms with Gasteiger partial charge in [-0.25, -0.2) is 0 Å². The summed E-state index contributed by atoms with van der Waals surface area (Å²) in [6.07, 6.45) is 1.91. The molecule has 0 unspecified atom stereocenters. The van der Waals surface area contributed by atoms with Gasteiger partial charge in [0.25, 0.3) is 0 Å². The van der Waals surface area contributed by atoms with Crippen LogP contribution in [0.15, 0.2) is 28.8 Å². The smallest absolute Gasteiger partial charge is 0.235 e. The van der Waals surface area contributed by atoms with Crippen molar-refractivity contribution in [2.24, 2.45) is 0 Å². The molecule has 2 aromatic rings. The third-order valence-corrected chi connectivity index (χ3v) is 4.17. The zero-order chi connectivity index (χ0) is 14.7. The third-order valence-electron chi connectivity index (χ3n) is 4.17. The molecule has 1 N–H and O–H groups in total. The number of ether oxygens (including phenoxy) is 1. The van der Waals surface area contributed by atoms with E-state index in [0.29, 0.717) is 18.3 Å². The number of piperidine rings is 1. The Labute approximate surface area is 124 Å². The molecule has 1 aromatic carbocycles. The Morgan fingerprint density at radius 2 is 1.95 bits per heavy atom. The van der Waals surface area contributed by atoms with Gasteiger partial charge in [-0.15, -0.1) is 0 Å². The summed E-state index contributed by atoms with van der Waals surface area (Å²) in [5.74, 6) is 1.35. The van der Waals surface area contributed by atoms with Crippen molar-refractivity contribution in [1.82, 2.24) is 15.5 Å². The molecule has 0 aliphatic carbocycles. The number of hydrogen-bond donors (Lipinski definition) is 1. The molecule has 0 radical (unpaired) electrons. The second kappa shape index (κ2) is 5.95. The van der Waals surface area contributed by atoms with Crippen LogP contribution in [0.3, 0.4) is 0 Å². The molecule has 2 heterocycles. The zero-order valence-electron chi connectivity index (χ0n) is 12.6. The minimum atomic E-state index is -0.157. The van der Waals surface area contributed by atoms with E-state index in [-0.39, 0.29) is 5.41 Å². The van der Waals surface area contributed by atoms with Gasteiger partial charge in [-0.05, 0) is 32.9 Å². The third kappa shape index (κ3) is 2.84. The zero-order valence-corrected chi connectivity index (χ0v) is 12.6. The lowest BCUT2D eigenvalue weighted by atomic mass is 9.79. The molecular weight excluding hydrogens is 266 g/mol. The van der Waals surface area contributed by atoms with Crippen LogP contribution in [0, 0.1) is 6.92 Å². The summed E-state index contributed by atoms with van der Waals surface area (Å²) < 4.78 is 11.0. The maximum Gasteiger partial charge on any atom is 0.235 e. The van der Waals surface area contributed by atoms with Crippen LogP contribution in [0.1, 0.15) is 24.3 Å². The van der Waals surface area contributed by atoms with E-state index in [0.717, 1.165) is 31.5 Å². The molecule has 21 heavy (non-hydrogen) atoms. The second-order valence-electron chi connectivity index (χ2n) is 5.75. The highest BCUT2D eigenvalue weighted by atomic mass is 16.5. The fraction of sp³-hybridized carbons (Fsp3) is 0.500. The number of hydrogen-bond acceptors (Lipinski definition) is 5. The number of rotatable bonds is 4. The highest BCUT2D eigenvalue weighted by molar-refractivity contribution is 5.54. The average molecular weight is 287 g/mol. The Morgan fingerprint density at radius 3 is 2.62 bits per heavy atom. The minimum Gasteiger partial charge on any atom is -0.384 e. The number of methoxy groups -OCH3 is 1. The molecule has 0 atom stereocenters. The van der Waals surface area contributed by atoms with E-state index < -0.39 is 0 Å². The second-order valence-corrected chi connectivity index (χ2v) is 5.75. The molecule has 0 spiro atoms. The molecule has 1 aliphatic heterocycles. The molecule has 1 fully saturated rings. The van der Waals surface area contributed by atoms with Gasteiger partial charge in [-0.2, -0.15) is 4.98 Å². The topological polar surface area (TPSA) is 60.2 Å². The molecule has 0 bridgehead atoms. The van der Waals surface area contributed by atoms with Crippen molar-refractivity contribution in [2.45, 2.75) is 25.2 Å². The maximum absolute atomic E-state index is 5.58. The van der Waals surface area contributed by atoms with Crippen LogP contribution >= 0.6 is 0 Å². The normalized spacial score (nSPS) is 17.8. The molecule has 5 nitrogen and oxygen atoms in total. The van der Waals surface area contributed by atoms with Crippen LogP contribution in [0.5, 0.6) is 0 Å². The average Bonchev–Trinajstić information content (AvgIpc) is 3.00. The summed E-state index contributed by atoms with van der Waals surface area (Å²) in [7, 11) is 1.72. The first kappa shape index (κ1) is 14.2. The molecule has 5 heteroatoms. The van der Waals surface area contributed by atoms with E-state index in [1.54, 1.807) is 7.11 Å². The molecule has 1 aromatic heterocycles. The predicted octanol–water partition coefficient (Wildman–Crippen LogP) is 2.31. The standard InChI is InChI=1S/C16H21N3O2/c1-12-3-5-13(6-4-12)14-18-15(21-19-14)16(11-20-2)7-9-17-10-8-16/h3-6,17H,7-11H2,1-2H3. The van der Waals surface area contributed by atoms with E-state index >= 15 is 0 Å². The van der Waals surface area contributed by atoms with Gasteiger partial charge in [0.1, 0.15) is 0 Å². The summed E-state index contributed by atoms with van der Waals surface area (Å²) in [5.41, 5.74) is 2.05. The minimum absolute atomic E-state index is 0.157. The van der Waals surface area contributed by atoms with Gasteiger partial charge in [-0.1, -0.05) is 35.0 Å². The largest absolute Gasteiger partial charge is 0.384 e. The van der Waals surface area contributed by atoms with Crippen molar-refractivity contribution in [2.75, 3.05) is 26.8 Å². The Balaban J connectivity index is 1.90. The van der Waals surface area contributed by atoms with Gasteiger partial charge >= 0.3 is 0 Å². The van der Waals surface area contributed by atoms with E-state index in [4.69, 9.17) is 9.26 Å². The van der Waals surface area contributed by atoms with Gasteiger partial charge in [0.2, 0.25) is 11.7 Å². The van der Waals surface area contributed by atoms with Crippen molar-refractivity contribution in [3.05, 3.63) is 35.7 Å². The number of benzene rings is 1. The Morgan fingerprint density at radius 1 is 1.24 bits per heavy atom. The van der Waals surface area contributed by atoms with Gasteiger partial charge in [0.15, 0.2) is 0 Å². The molecule has 1 aliphatic rings. The van der Waals surface area contributed by atoms with Crippen molar-refractivity contribution < 1.29 is 9.26 Å². The van der Waals surface area contributed by atoms with E-state index in [9.17, 15) is 0 Å². The highest BCUT2D eigenvalue weighted by Gasteiger charge is 2.39. The van der Waals surface area contributed by atoms with Crippen LogP contribution in [0.2, 0.25) is 0 Å². The van der Waals surface area contributed by atoms with Crippen molar-refractivity contribution in [3.8, 4) is 11.4 Å². The first-order valence-electron chi connectivity index (χ1n) is 7.34. The van der Waals surface area contributed by atoms with Gasteiger partial charge in [0.05, 0.1) is 12.0 Å². The van der Waals surface area contributed by atoms with Crippen molar-refractivity contribution >= 4 is 0 Å². The van der Waals surface area contributed by atoms with E-state index in [1.165, 1.54) is 5.56 Å². The SMILES string of the molecule is COCC1(c2nc(-c3ccc(C)cc3)no2)CCNCC1. The lowest BCUT2D eigenvalue weighted by Gasteiger charge is -2.33. The molecular formula is C16H21N3O2. The Hall–Kier alpha value is -1.72. The lowest BCUT2D eigenvalue weighted by Crippen LogP contribution is -2.43. The molecule has 1 saturated heterocycles. The Kier molecular flexibility index (Phi) is 4.03. The van der Waals surface area contributed by atoms with Crippen LogP contribution < -0.4 is 5.32 Å². The Bertz CT molecular complexity index is 580. The first-order valence-corrected chi connectivity index (χ1v) is 7.34. The molecule has 112 valence electrons. The van der Waals surface area contributed by atoms with Crippen LogP contribution in [-0.4, -0.2) is 36.9 Å². The van der Waals surface area contributed by atoms with E-state index in [1.807, 2.05) is 12.1 Å². The summed E-state index contributed by atoms with van der Waals surface area (Å²) in [4.78, 5) is 4.64. The van der Waals surface area contributed by atoms with Crippen LogP contribution in [0.25, 0.3) is 11.4 Å². The monoisotopic (exact) mass is 287 g/mol. The number of nitrogens with one attached hydrogen (secondary N) is 1. The summed E-state index contributed by atoms with van der Waals surface area (Å²) in [5, 5.41) is 7.52. The first-order chi connectivity index (χ1) is 10.2. The number of aryl methyl sites for hydroxylation is 1. The summed E-state index contributed by atoms with van der Waals surface area (Å²) in [6, 6.07) is 8.16. The number of nitrogens with zero attached hydrogens (tertiary/aromatic N) is 2. The lowest BCUT2D eigenvalue weighted by molar-refractivity contribution is 0.0850. The molecule has 0 saturated carbocycles. The summed E-state index contributed by atoms with van der Waals surface area (Å²) >= 11 is 0. The van der Waals surface area contributed by atoms with Crippen LogP contribution in [0.4, 0.5) is 0 Å². The summed E-state index contributed by atoms with van der Waals surface area (Å²) in [6.45, 7) is 4.58. The van der Waals surface area contributed by atoms with Crippen molar-refractivity contribution in [1.29, 1.82) is 0 Å². The number of aromatic nitrogens is 2. The van der Waals surface area contributed by atoms with Gasteiger partial charge < -0.3 is 14.6 Å². The van der Waals surface area contributed by atoms with Gasteiger partial charge in [-0.3, -0.25) is 0 Å². The van der Waals surface area contributed by atoms with Crippen LogP contribution in [-0.2, 0) is 10.2 Å². The van der Waals surface area contributed by atoms with Crippen molar-refractivity contribution in [3.63, 3.8) is 0 Å². The predicted molar refractivity (Wildman–Crippen MR) is 80.1 cm³/mol. The molecule has 3 rings (SSSR count). The maximum atomic E-state index is 5.58. The fourth-order valence-corrected chi connectivity index (χ4v) is 2.86. The fourth-order valence-electron chi connectivity index (χ4n) is 2.86. The van der Waals surface area contributed by atoms with Gasteiger partial charge in [0, 0.05) is 12.7 Å². The molecule has 0 amide bonds. The quantitative estimate of drug-likeness (QED) is 0.935. The highest BCUT2D eigenvalue weighted by Crippen LogP contribution is 2.33. The van der Waals surface area contributed by atoms with E-state index in [2.05, 4.69) is 34.5 Å².